The monoisotopic (exact) mass is 345 g/mol. The fourth-order valence-corrected chi connectivity index (χ4v) is 3.63. The van der Waals surface area contributed by atoms with E-state index in [-0.39, 0.29) is 13.1 Å². The fourth-order valence-electron chi connectivity index (χ4n) is 1.90. The molecule has 0 aliphatic heterocycles. The summed E-state index contributed by atoms with van der Waals surface area (Å²) in [6.45, 7) is 1.40. The third-order valence-corrected chi connectivity index (χ3v) is 5.22. The number of hydrogen-bond donors (Lipinski definition) is 1. The molecule has 1 aromatic rings. The second-order valence-electron chi connectivity index (χ2n) is 5.16. The first-order valence-electron chi connectivity index (χ1n) is 6.71. The number of hydrogen-bond acceptors (Lipinski definition) is 6. The van der Waals surface area contributed by atoms with Crippen molar-refractivity contribution in [3.8, 4) is 0 Å². The van der Waals surface area contributed by atoms with Crippen LogP contribution in [0.2, 0.25) is 0 Å². The van der Waals surface area contributed by atoms with Crippen LogP contribution in [0.1, 0.15) is 6.92 Å². The summed E-state index contributed by atoms with van der Waals surface area (Å²) in [5.41, 5.74) is -0.583. The first-order chi connectivity index (χ1) is 10.6. The minimum Gasteiger partial charge on any atom is -0.480 e. The molecule has 0 aliphatic carbocycles. The highest BCUT2D eigenvalue weighted by molar-refractivity contribution is 7.89. The van der Waals surface area contributed by atoms with E-state index in [1.165, 1.54) is 19.1 Å². The van der Waals surface area contributed by atoms with Crippen molar-refractivity contribution in [3.05, 3.63) is 34.4 Å². The molecular formula is C13H19N3O6S. The average molecular weight is 345 g/mol. The maximum Gasteiger partial charge on any atom is 0.321 e. The number of aliphatic carboxylic acids is 1. The zero-order valence-corrected chi connectivity index (χ0v) is 13.9. The molecule has 0 aliphatic rings. The summed E-state index contributed by atoms with van der Waals surface area (Å²) in [4.78, 5) is 22.7. The number of carboxylic acid groups (broad SMARTS) is 1. The number of carbonyl (C=O) groups is 1. The van der Waals surface area contributed by atoms with Crippen LogP contribution in [-0.2, 0) is 14.8 Å². The van der Waals surface area contributed by atoms with E-state index in [1.807, 2.05) is 0 Å². The van der Waals surface area contributed by atoms with Crippen LogP contribution in [0.3, 0.4) is 0 Å². The molecule has 1 rings (SSSR count). The second-order valence-corrected chi connectivity index (χ2v) is 7.02. The summed E-state index contributed by atoms with van der Waals surface area (Å²) < 4.78 is 26.3. The minimum atomic E-state index is -4.33. The molecule has 128 valence electrons. The van der Waals surface area contributed by atoms with Crippen molar-refractivity contribution in [1.82, 2.24) is 9.21 Å². The number of likely N-dealkylation sites (N-methyl/N-ethyl adjacent to an activating group) is 1. The van der Waals surface area contributed by atoms with E-state index in [4.69, 9.17) is 5.11 Å². The average Bonchev–Trinajstić information content (AvgIpc) is 2.46. The minimum absolute atomic E-state index is 0.102. The van der Waals surface area contributed by atoms with E-state index in [9.17, 15) is 23.3 Å². The molecule has 9 nitrogen and oxygen atoms in total. The topological polar surface area (TPSA) is 121 Å². The number of nitro benzene ring substituents is 1. The van der Waals surface area contributed by atoms with E-state index < -0.39 is 37.5 Å². The van der Waals surface area contributed by atoms with Crippen molar-refractivity contribution >= 4 is 21.7 Å². The van der Waals surface area contributed by atoms with Gasteiger partial charge in [0.25, 0.3) is 15.7 Å². The molecule has 0 bridgehead atoms. The molecule has 23 heavy (non-hydrogen) atoms. The fraction of sp³-hybridized carbons (Fsp3) is 0.462. The number of para-hydroxylation sites is 1. The lowest BCUT2D eigenvalue weighted by atomic mass is 10.3. The summed E-state index contributed by atoms with van der Waals surface area (Å²) in [5.74, 6) is -1.33. The molecular weight excluding hydrogens is 326 g/mol. The zero-order chi connectivity index (χ0) is 17.8. The molecule has 0 saturated heterocycles. The van der Waals surface area contributed by atoms with Crippen LogP contribution in [0.15, 0.2) is 29.2 Å². The lowest BCUT2D eigenvalue weighted by molar-refractivity contribution is -0.387. The predicted octanol–water partition coefficient (Wildman–Crippen LogP) is 0.620. The van der Waals surface area contributed by atoms with E-state index in [0.717, 1.165) is 16.4 Å². The molecule has 0 radical (unpaired) electrons. The number of rotatable bonds is 8. The van der Waals surface area contributed by atoms with Crippen LogP contribution in [0.25, 0.3) is 0 Å². The van der Waals surface area contributed by atoms with Crippen LogP contribution >= 0.6 is 0 Å². The maximum atomic E-state index is 12.8. The summed E-state index contributed by atoms with van der Waals surface area (Å²) >= 11 is 0. The van der Waals surface area contributed by atoms with Gasteiger partial charge in [-0.2, -0.15) is 4.31 Å². The van der Waals surface area contributed by atoms with Gasteiger partial charge in [0.15, 0.2) is 4.90 Å². The Hall–Kier alpha value is -2.04. The summed E-state index contributed by atoms with van der Waals surface area (Å²) in [5, 5.41) is 20.2. The Morgan fingerprint density at radius 1 is 1.30 bits per heavy atom. The highest BCUT2D eigenvalue weighted by Gasteiger charge is 2.36. The van der Waals surface area contributed by atoms with Gasteiger partial charge in [-0.15, -0.1) is 0 Å². The van der Waals surface area contributed by atoms with Gasteiger partial charge in [-0.1, -0.05) is 12.1 Å². The number of nitrogens with zero attached hydrogens (tertiary/aromatic N) is 3. The van der Waals surface area contributed by atoms with Gasteiger partial charge in [-0.05, 0) is 27.1 Å². The molecule has 0 saturated carbocycles. The van der Waals surface area contributed by atoms with Gasteiger partial charge in [0.2, 0.25) is 0 Å². The van der Waals surface area contributed by atoms with E-state index >= 15 is 0 Å². The lowest BCUT2D eigenvalue weighted by Gasteiger charge is -2.26. The van der Waals surface area contributed by atoms with Crippen molar-refractivity contribution in [1.29, 1.82) is 0 Å². The highest BCUT2D eigenvalue weighted by atomic mass is 32.2. The van der Waals surface area contributed by atoms with Crippen LogP contribution < -0.4 is 0 Å². The normalized spacial score (nSPS) is 13.3. The molecule has 0 aromatic heterocycles. The standard InChI is InChI=1S/C13H19N3O6S/c1-10(13(17)18)15(9-8-14(2)3)23(21,22)12-7-5-4-6-11(12)16(19)20/h4-7,10H,8-9H2,1-3H3,(H,17,18). The van der Waals surface area contributed by atoms with Crippen LogP contribution in [0.5, 0.6) is 0 Å². The summed E-state index contributed by atoms with van der Waals surface area (Å²) in [6.07, 6.45) is 0. The van der Waals surface area contributed by atoms with Crippen LogP contribution in [0.4, 0.5) is 5.69 Å². The lowest BCUT2D eigenvalue weighted by Crippen LogP contribution is -2.46. The van der Waals surface area contributed by atoms with Crippen molar-refractivity contribution in [2.24, 2.45) is 0 Å². The number of sulfonamides is 1. The quantitative estimate of drug-likeness (QED) is 0.541. The SMILES string of the molecule is CC(C(=O)O)N(CCN(C)C)S(=O)(=O)c1ccccc1[N+](=O)[O-]. The van der Waals surface area contributed by atoms with Gasteiger partial charge in [0, 0.05) is 19.2 Å². The summed E-state index contributed by atoms with van der Waals surface area (Å²) in [6, 6.07) is 3.53. The van der Waals surface area contributed by atoms with Gasteiger partial charge in [0.05, 0.1) is 4.92 Å². The van der Waals surface area contributed by atoms with Gasteiger partial charge in [-0.25, -0.2) is 8.42 Å². The Kier molecular flexibility index (Phi) is 6.19. The predicted molar refractivity (Wildman–Crippen MR) is 82.6 cm³/mol. The Bertz CT molecular complexity index is 689. The third-order valence-electron chi connectivity index (χ3n) is 3.21. The van der Waals surface area contributed by atoms with E-state index in [2.05, 4.69) is 0 Å². The number of benzene rings is 1. The number of carboxylic acids is 1. The molecule has 1 unspecified atom stereocenters. The molecule has 1 atom stereocenters. The van der Waals surface area contributed by atoms with Crippen molar-refractivity contribution < 1.29 is 23.2 Å². The molecule has 0 amide bonds. The van der Waals surface area contributed by atoms with Crippen molar-refractivity contribution in [2.45, 2.75) is 17.9 Å². The summed E-state index contributed by atoms with van der Waals surface area (Å²) in [7, 11) is -0.913. The largest absolute Gasteiger partial charge is 0.480 e. The maximum absolute atomic E-state index is 12.8. The van der Waals surface area contributed by atoms with Gasteiger partial charge in [0.1, 0.15) is 6.04 Å². The zero-order valence-electron chi connectivity index (χ0n) is 13.0. The third kappa shape index (κ3) is 4.47. The van der Waals surface area contributed by atoms with Crippen LogP contribution in [0, 0.1) is 10.1 Å². The second kappa shape index (κ2) is 7.49. The van der Waals surface area contributed by atoms with Crippen molar-refractivity contribution in [3.63, 3.8) is 0 Å². The molecule has 0 spiro atoms. The Morgan fingerprint density at radius 2 is 1.87 bits per heavy atom. The smallest absolute Gasteiger partial charge is 0.321 e. The molecule has 10 heteroatoms. The molecule has 0 heterocycles. The Morgan fingerprint density at radius 3 is 2.35 bits per heavy atom. The highest BCUT2D eigenvalue weighted by Crippen LogP contribution is 2.27. The van der Waals surface area contributed by atoms with Crippen LogP contribution in [-0.4, -0.2) is 66.8 Å². The van der Waals surface area contributed by atoms with Gasteiger partial charge < -0.3 is 10.0 Å². The molecule has 1 aromatic carbocycles. The van der Waals surface area contributed by atoms with Gasteiger partial charge >= 0.3 is 5.97 Å². The van der Waals surface area contributed by atoms with E-state index in [0.29, 0.717) is 0 Å². The van der Waals surface area contributed by atoms with E-state index in [1.54, 1.807) is 19.0 Å². The molecule has 1 N–H and O–H groups in total. The Labute approximate surface area is 134 Å². The first-order valence-corrected chi connectivity index (χ1v) is 8.16. The first kappa shape index (κ1) is 19.0. The van der Waals surface area contributed by atoms with Crippen molar-refractivity contribution in [2.75, 3.05) is 27.2 Å². The Balaban J connectivity index is 3.38. The molecule has 0 fully saturated rings. The van der Waals surface area contributed by atoms with Gasteiger partial charge in [-0.3, -0.25) is 14.9 Å². The number of nitro groups is 1.